The zero-order chi connectivity index (χ0) is 17.6. The molecule has 0 unspecified atom stereocenters. The number of hydrogen-bond acceptors (Lipinski definition) is 2. The summed E-state index contributed by atoms with van der Waals surface area (Å²) in [6.07, 6.45) is 20.9. The summed E-state index contributed by atoms with van der Waals surface area (Å²) in [5.41, 5.74) is 2.03. The van der Waals surface area contributed by atoms with Crippen LogP contribution < -0.4 is 0 Å². The van der Waals surface area contributed by atoms with Crippen LogP contribution in [0.15, 0.2) is 23.3 Å². The van der Waals surface area contributed by atoms with E-state index < -0.39 is 0 Å². The molecule has 0 aromatic heterocycles. The lowest BCUT2D eigenvalue weighted by atomic mass is 9.91. The van der Waals surface area contributed by atoms with Gasteiger partial charge in [0.25, 0.3) is 0 Å². The van der Waals surface area contributed by atoms with E-state index in [1.54, 1.807) is 0 Å². The minimum Gasteiger partial charge on any atom is -0.290 e. The van der Waals surface area contributed by atoms with E-state index in [1.165, 1.54) is 64.2 Å². The maximum absolute atomic E-state index is 12.3. The molecule has 0 amide bonds. The summed E-state index contributed by atoms with van der Waals surface area (Å²) in [6.45, 7) is 4.48. The Kier molecular flexibility index (Phi) is 12.0. The van der Waals surface area contributed by atoms with Crippen molar-refractivity contribution in [2.24, 2.45) is 0 Å². The maximum atomic E-state index is 12.3. The third-order valence-electron chi connectivity index (χ3n) is 4.84. The second-order valence-electron chi connectivity index (χ2n) is 7.10. The van der Waals surface area contributed by atoms with Gasteiger partial charge in [-0.15, -0.1) is 0 Å². The van der Waals surface area contributed by atoms with Gasteiger partial charge in [-0.3, -0.25) is 4.79 Å². The largest absolute Gasteiger partial charge is 0.290 e. The Balaban J connectivity index is 2.25. The molecular formula is C22H36OS. The molecule has 0 spiro atoms. The van der Waals surface area contributed by atoms with E-state index in [1.807, 2.05) is 12.2 Å². The SMILES string of the molecule is CCCCCCCCC1=CC(=S)C(CCCCCCCC)=CC1=O. The third kappa shape index (κ3) is 8.92. The van der Waals surface area contributed by atoms with E-state index in [2.05, 4.69) is 13.8 Å². The van der Waals surface area contributed by atoms with Gasteiger partial charge in [0.15, 0.2) is 5.78 Å². The van der Waals surface area contributed by atoms with Crippen LogP contribution in [0.1, 0.15) is 104 Å². The molecule has 0 radical (unpaired) electrons. The molecule has 0 atom stereocenters. The Morgan fingerprint density at radius 2 is 1.12 bits per heavy atom. The molecule has 0 saturated heterocycles. The fourth-order valence-corrected chi connectivity index (χ4v) is 3.53. The summed E-state index contributed by atoms with van der Waals surface area (Å²) in [4.78, 5) is 13.2. The van der Waals surface area contributed by atoms with Gasteiger partial charge in [-0.2, -0.15) is 0 Å². The van der Waals surface area contributed by atoms with Gasteiger partial charge in [0, 0.05) is 10.4 Å². The molecule has 1 aliphatic carbocycles. The molecule has 24 heavy (non-hydrogen) atoms. The summed E-state index contributed by atoms with van der Waals surface area (Å²) in [7, 11) is 0. The first-order chi connectivity index (χ1) is 11.7. The number of unbranched alkanes of at least 4 members (excludes halogenated alkanes) is 10. The van der Waals surface area contributed by atoms with Gasteiger partial charge in [0.2, 0.25) is 0 Å². The molecule has 0 heterocycles. The van der Waals surface area contributed by atoms with Crippen molar-refractivity contribution in [1.29, 1.82) is 0 Å². The van der Waals surface area contributed by atoms with Crippen molar-refractivity contribution in [3.05, 3.63) is 23.3 Å². The molecular weight excluding hydrogens is 312 g/mol. The Hall–Kier alpha value is -0.760. The van der Waals surface area contributed by atoms with Gasteiger partial charge >= 0.3 is 0 Å². The van der Waals surface area contributed by atoms with Crippen LogP contribution in [0.4, 0.5) is 0 Å². The first kappa shape index (κ1) is 21.3. The molecule has 0 aromatic carbocycles. The van der Waals surface area contributed by atoms with Gasteiger partial charge in [0.05, 0.1) is 0 Å². The highest BCUT2D eigenvalue weighted by Gasteiger charge is 2.16. The number of allylic oxidation sites excluding steroid dienone is 4. The standard InChI is InChI=1S/C22H36OS/c1-3-5-7-9-11-13-15-19-18-22(24)20(17-21(19)23)16-14-12-10-8-6-4-2/h17-18H,3-16H2,1-2H3. The van der Waals surface area contributed by atoms with Crippen LogP contribution >= 0.6 is 12.2 Å². The molecule has 0 N–H and O–H groups in total. The van der Waals surface area contributed by atoms with E-state index in [-0.39, 0.29) is 5.78 Å². The average Bonchev–Trinajstić information content (AvgIpc) is 2.57. The molecule has 0 aliphatic heterocycles. The van der Waals surface area contributed by atoms with Crippen LogP contribution in [0.5, 0.6) is 0 Å². The zero-order valence-corrected chi connectivity index (χ0v) is 16.7. The number of hydrogen-bond donors (Lipinski definition) is 0. The Morgan fingerprint density at radius 3 is 1.67 bits per heavy atom. The Morgan fingerprint density at radius 1 is 0.667 bits per heavy atom. The van der Waals surface area contributed by atoms with Crippen molar-refractivity contribution in [1.82, 2.24) is 0 Å². The predicted molar refractivity (Wildman–Crippen MR) is 110 cm³/mol. The highest BCUT2D eigenvalue weighted by Crippen LogP contribution is 2.22. The van der Waals surface area contributed by atoms with Crippen LogP contribution in [0.25, 0.3) is 0 Å². The van der Waals surface area contributed by atoms with Crippen LogP contribution in [0.3, 0.4) is 0 Å². The van der Waals surface area contributed by atoms with Gasteiger partial charge in [-0.25, -0.2) is 0 Å². The molecule has 0 bridgehead atoms. The van der Waals surface area contributed by atoms with E-state index >= 15 is 0 Å². The topological polar surface area (TPSA) is 17.1 Å². The number of carbonyl (C=O) groups is 1. The fraction of sp³-hybridized carbons (Fsp3) is 0.727. The second-order valence-corrected chi connectivity index (χ2v) is 7.54. The Bertz CT molecular complexity index is 403. The fourth-order valence-electron chi connectivity index (χ4n) is 3.23. The van der Waals surface area contributed by atoms with Gasteiger partial charge in [0.1, 0.15) is 0 Å². The minimum atomic E-state index is 0.207. The van der Waals surface area contributed by atoms with Crippen molar-refractivity contribution < 1.29 is 4.79 Å². The molecule has 2 heteroatoms. The molecule has 1 aliphatic rings. The second kappa shape index (κ2) is 13.5. The molecule has 0 saturated carbocycles. The summed E-state index contributed by atoms with van der Waals surface area (Å²) >= 11 is 5.52. The molecule has 1 nitrogen and oxygen atoms in total. The number of thiocarbonyl (C=S) groups is 1. The monoisotopic (exact) mass is 348 g/mol. The quantitative estimate of drug-likeness (QED) is 0.242. The molecule has 0 fully saturated rings. The lowest BCUT2D eigenvalue weighted by Crippen LogP contribution is -2.12. The number of carbonyl (C=O) groups excluding carboxylic acids is 1. The smallest absolute Gasteiger partial charge is 0.182 e. The van der Waals surface area contributed by atoms with E-state index in [4.69, 9.17) is 12.2 Å². The maximum Gasteiger partial charge on any atom is 0.182 e. The number of rotatable bonds is 14. The first-order valence-electron chi connectivity index (χ1n) is 10.2. The zero-order valence-electron chi connectivity index (χ0n) is 15.9. The van der Waals surface area contributed by atoms with Crippen molar-refractivity contribution in [2.45, 2.75) is 104 Å². The minimum absolute atomic E-state index is 0.207. The highest BCUT2D eigenvalue weighted by atomic mass is 32.1. The average molecular weight is 349 g/mol. The van der Waals surface area contributed by atoms with Crippen LogP contribution in [-0.2, 0) is 4.79 Å². The van der Waals surface area contributed by atoms with Crippen LogP contribution in [0, 0.1) is 0 Å². The van der Waals surface area contributed by atoms with E-state index in [0.29, 0.717) is 0 Å². The Labute approximate surface area is 155 Å². The molecule has 1 rings (SSSR count). The van der Waals surface area contributed by atoms with Gasteiger partial charge < -0.3 is 0 Å². The van der Waals surface area contributed by atoms with E-state index in [9.17, 15) is 4.79 Å². The number of ketones is 1. The van der Waals surface area contributed by atoms with Crippen molar-refractivity contribution in [3.8, 4) is 0 Å². The normalized spacial score (nSPS) is 14.8. The summed E-state index contributed by atoms with van der Waals surface area (Å²) in [6, 6.07) is 0. The van der Waals surface area contributed by atoms with Crippen LogP contribution in [0.2, 0.25) is 0 Å². The van der Waals surface area contributed by atoms with Crippen molar-refractivity contribution in [3.63, 3.8) is 0 Å². The van der Waals surface area contributed by atoms with Gasteiger partial charge in [-0.05, 0) is 43.4 Å². The first-order valence-corrected chi connectivity index (χ1v) is 10.6. The lowest BCUT2D eigenvalue weighted by molar-refractivity contribution is -0.111. The third-order valence-corrected chi connectivity index (χ3v) is 5.22. The predicted octanol–water partition coefficient (Wildman–Crippen LogP) is 7.29. The van der Waals surface area contributed by atoms with Crippen LogP contribution in [-0.4, -0.2) is 10.6 Å². The lowest BCUT2D eigenvalue weighted by Gasteiger charge is -2.14. The van der Waals surface area contributed by atoms with Crippen molar-refractivity contribution in [2.75, 3.05) is 0 Å². The summed E-state index contributed by atoms with van der Waals surface area (Å²) in [5.74, 6) is 0.207. The summed E-state index contributed by atoms with van der Waals surface area (Å²) < 4.78 is 0. The highest BCUT2D eigenvalue weighted by molar-refractivity contribution is 7.81. The van der Waals surface area contributed by atoms with Crippen molar-refractivity contribution >= 4 is 22.9 Å². The molecule has 0 aromatic rings. The molecule has 136 valence electrons. The van der Waals surface area contributed by atoms with E-state index in [0.717, 1.165) is 41.7 Å². The summed E-state index contributed by atoms with van der Waals surface area (Å²) in [5, 5.41) is 0. The van der Waals surface area contributed by atoms with Gasteiger partial charge in [-0.1, -0.05) is 90.3 Å².